The summed E-state index contributed by atoms with van der Waals surface area (Å²) in [5, 5.41) is 7.02. The molecule has 1 atom stereocenters. The van der Waals surface area contributed by atoms with E-state index in [-0.39, 0.29) is 23.5 Å². The SMILES string of the molecule is CC1C=C(NNC/C=C\n2cnc(-c3cc(C(F)(F)F)cc(C(F)(F)F)c3)n2)C=CN1. The van der Waals surface area contributed by atoms with E-state index in [0.29, 0.717) is 18.7 Å². The molecule has 0 bridgehead atoms. The van der Waals surface area contributed by atoms with Crippen LogP contribution in [0, 0.1) is 0 Å². The zero-order valence-corrected chi connectivity index (χ0v) is 16.1. The van der Waals surface area contributed by atoms with E-state index in [1.807, 2.05) is 19.1 Å². The molecule has 31 heavy (non-hydrogen) atoms. The molecule has 3 rings (SSSR count). The van der Waals surface area contributed by atoms with Crippen molar-refractivity contribution < 1.29 is 26.3 Å². The molecule has 1 aliphatic rings. The Morgan fingerprint density at radius 2 is 1.77 bits per heavy atom. The van der Waals surface area contributed by atoms with Gasteiger partial charge in [0.25, 0.3) is 0 Å². The Morgan fingerprint density at radius 3 is 2.39 bits per heavy atom. The summed E-state index contributed by atoms with van der Waals surface area (Å²) in [6, 6.07) is 1.43. The number of nitrogens with one attached hydrogen (secondary N) is 3. The number of rotatable bonds is 6. The highest BCUT2D eigenvalue weighted by atomic mass is 19.4. The number of hydrogen-bond donors (Lipinski definition) is 3. The van der Waals surface area contributed by atoms with E-state index >= 15 is 0 Å². The number of halogens is 6. The van der Waals surface area contributed by atoms with Crippen LogP contribution in [0.5, 0.6) is 0 Å². The second-order valence-electron chi connectivity index (χ2n) is 6.64. The van der Waals surface area contributed by atoms with Gasteiger partial charge in [-0.2, -0.15) is 26.3 Å². The molecule has 0 saturated heterocycles. The summed E-state index contributed by atoms with van der Waals surface area (Å²) < 4.78 is 79.2. The Kier molecular flexibility index (Phi) is 6.39. The first-order valence-corrected chi connectivity index (χ1v) is 9.03. The fraction of sp³-hybridized carbons (Fsp3) is 0.263. The van der Waals surface area contributed by atoms with Crippen LogP contribution in [-0.2, 0) is 12.4 Å². The molecular weight excluding hydrogens is 426 g/mol. The molecule has 1 aromatic carbocycles. The third kappa shape index (κ3) is 6.10. The van der Waals surface area contributed by atoms with Gasteiger partial charge in [-0.1, -0.05) is 6.08 Å². The Balaban J connectivity index is 1.68. The lowest BCUT2D eigenvalue weighted by molar-refractivity contribution is -0.143. The maximum atomic E-state index is 13.0. The molecule has 0 spiro atoms. The number of nitrogens with zero attached hydrogens (tertiary/aromatic N) is 3. The zero-order valence-electron chi connectivity index (χ0n) is 16.1. The van der Waals surface area contributed by atoms with Gasteiger partial charge in [0.2, 0.25) is 0 Å². The Labute approximate surface area is 173 Å². The summed E-state index contributed by atoms with van der Waals surface area (Å²) in [5.74, 6) is -0.258. The van der Waals surface area contributed by atoms with Gasteiger partial charge in [0, 0.05) is 30.0 Å². The van der Waals surface area contributed by atoms with Crippen LogP contribution in [0.25, 0.3) is 17.6 Å². The van der Waals surface area contributed by atoms with E-state index in [4.69, 9.17) is 0 Å². The van der Waals surface area contributed by atoms with Gasteiger partial charge < -0.3 is 10.7 Å². The van der Waals surface area contributed by atoms with Crippen molar-refractivity contribution in [2.24, 2.45) is 0 Å². The highest BCUT2D eigenvalue weighted by Crippen LogP contribution is 2.38. The normalized spacial score (nSPS) is 17.0. The minimum absolute atomic E-state index is 0.0623. The minimum atomic E-state index is -4.94. The summed E-state index contributed by atoms with van der Waals surface area (Å²) in [4.78, 5) is 3.82. The number of dihydropyridines is 1. The number of aromatic nitrogens is 3. The number of allylic oxidation sites excluding steroid dienone is 1. The number of hydrazine groups is 1. The average molecular weight is 444 g/mol. The Hall–Kier alpha value is -3.28. The highest BCUT2D eigenvalue weighted by Gasteiger charge is 2.37. The Morgan fingerprint density at radius 1 is 1.10 bits per heavy atom. The molecular formula is C19H18F6N6. The monoisotopic (exact) mass is 444 g/mol. The lowest BCUT2D eigenvalue weighted by Crippen LogP contribution is -2.33. The van der Waals surface area contributed by atoms with Crippen LogP contribution in [0.3, 0.4) is 0 Å². The van der Waals surface area contributed by atoms with Gasteiger partial charge in [-0.3, -0.25) is 0 Å². The van der Waals surface area contributed by atoms with Crippen molar-refractivity contribution in [3.8, 4) is 11.4 Å². The first-order chi connectivity index (χ1) is 14.5. The van der Waals surface area contributed by atoms with Crippen molar-refractivity contribution in [1.29, 1.82) is 0 Å². The summed E-state index contributed by atoms with van der Waals surface area (Å²) in [6.45, 7) is 2.35. The number of alkyl halides is 6. The molecule has 0 radical (unpaired) electrons. The fourth-order valence-corrected chi connectivity index (χ4v) is 2.68. The van der Waals surface area contributed by atoms with Gasteiger partial charge >= 0.3 is 12.4 Å². The molecule has 1 aliphatic heterocycles. The van der Waals surface area contributed by atoms with Crippen LogP contribution in [0.15, 0.2) is 54.7 Å². The van der Waals surface area contributed by atoms with Crippen molar-refractivity contribution in [3.63, 3.8) is 0 Å². The molecule has 0 aliphatic carbocycles. The molecule has 0 amide bonds. The van der Waals surface area contributed by atoms with Crippen LogP contribution in [0.2, 0.25) is 0 Å². The summed E-state index contributed by atoms with van der Waals surface area (Å²) >= 11 is 0. The largest absolute Gasteiger partial charge is 0.416 e. The quantitative estimate of drug-likeness (QED) is 0.358. The molecule has 1 aromatic heterocycles. The standard InChI is InChI=1S/C19H18F6N6/c1-12-7-16(3-5-26-12)29-28-4-2-6-31-11-27-17(30-31)13-8-14(18(20,21)22)10-15(9-13)19(23,24)25/h2-3,5-12,26,28-29H,4H2,1H3/b6-2-. The predicted molar refractivity (Wildman–Crippen MR) is 102 cm³/mol. The fourth-order valence-electron chi connectivity index (χ4n) is 2.68. The number of benzene rings is 1. The van der Waals surface area contributed by atoms with Crippen LogP contribution in [0.1, 0.15) is 18.1 Å². The van der Waals surface area contributed by atoms with Crippen LogP contribution in [0.4, 0.5) is 26.3 Å². The minimum Gasteiger partial charge on any atom is -0.385 e. The molecule has 1 unspecified atom stereocenters. The van der Waals surface area contributed by atoms with Crippen molar-refractivity contribution in [1.82, 2.24) is 30.9 Å². The van der Waals surface area contributed by atoms with Gasteiger partial charge in [0.05, 0.1) is 11.1 Å². The van der Waals surface area contributed by atoms with Crippen molar-refractivity contribution in [2.45, 2.75) is 25.3 Å². The van der Waals surface area contributed by atoms with E-state index < -0.39 is 23.5 Å². The third-order valence-corrected chi connectivity index (χ3v) is 4.12. The van der Waals surface area contributed by atoms with Crippen molar-refractivity contribution in [2.75, 3.05) is 6.54 Å². The molecule has 3 N–H and O–H groups in total. The van der Waals surface area contributed by atoms with E-state index in [0.717, 1.165) is 5.70 Å². The zero-order chi connectivity index (χ0) is 22.6. The predicted octanol–water partition coefficient (Wildman–Crippen LogP) is 3.94. The molecule has 0 fully saturated rings. The summed E-state index contributed by atoms with van der Waals surface area (Å²) in [6.07, 6.45) is 0.0372. The molecule has 2 heterocycles. The van der Waals surface area contributed by atoms with Crippen molar-refractivity contribution in [3.05, 3.63) is 65.8 Å². The summed E-state index contributed by atoms with van der Waals surface area (Å²) in [5.41, 5.74) is 3.57. The molecule has 0 saturated carbocycles. The highest BCUT2D eigenvalue weighted by molar-refractivity contribution is 5.58. The maximum absolute atomic E-state index is 13.0. The lowest BCUT2D eigenvalue weighted by Gasteiger charge is -2.16. The molecule has 2 aromatic rings. The Bertz CT molecular complexity index is 970. The second kappa shape index (κ2) is 8.84. The molecule has 6 nitrogen and oxygen atoms in total. The van der Waals surface area contributed by atoms with E-state index in [1.54, 1.807) is 12.3 Å². The topological polar surface area (TPSA) is 66.8 Å². The second-order valence-corrected chi connectivity index (χ2v) is 6.64. The smallest absolute Gasteiger partial charge is 0.385 e. The van der Waals surface area contributed by atoms with Crippen LogP contribution < -0.4 is 16.2 Å². The maximum Gasteiger partial charge on any atom is 0.416 e. The van der Waals surface area contributed by atoms with E-state index in [2.05, 4.69) is 26.3 Å². The third-order valence-electron chi connectivity index (χ3n) is 4.12. The molecule has 12 heteroatoms. The van der Waals surface area contributed by atoms with E-state index in [1.165, 1.54) is 17.2 Å². The van der Waals surface area contributed by atoms with Gasteiger partial charge in [-0.15, -0.1) is 5.10 Å². The average Bonchev–Trinajstić information content (AvgIpc) is 3.15. The van der Waals surface area contributed by atoms with E-state index in [9.17, 15) is 26.3 Å². The van der Waals surface area contributed by atoms with Crippen molar-refractivity contribution >= 4 is 6.20 Å². The van der Waals surface area contributed by atoms with Gasteiger partial charge in [-0.25, -0.2) is 15.1 Å². The van der Waals surface area contributed by atoms with Gasteiger partial charge in [0.1, 0.15) is 6.33 Å². The molecule has 166 valence electrons. The summed E-state index contributed by atoms with van der Waals surface area (Å²) in [7, 11) is 0. The van der Waals surface area contributed by atoms with Gasteiger partial charge in [0.15, 0.2) is 5.82 Å². The number of hydrogen-bond acceptors (Lipinski definition) is 5. The van der Waals surface area contributed by atoms with Crippen LogP contribution in [-0.4, -0.2) is 27.4 Å². The first kappa shape index (κ1) is 22.4. The lowest BCUT2D eigenvalue weighted by atomic mass is 10.0. The first-order valence-electron chi connectivity index (χ1n) is 9.03. The van der Waals surface area contributed by atoms with Gasteiger partial charge in [-0.05, 0) is 43.5 Å². The van der Waals surface area contributed by atoms with Crippen LogP contribution >= 0.6 is 0 Å².